The second-order valence-corrected chi connectivity index (χ2v) is 9.13. The van der Waals surface area contributed by atoms with Gasteiger partial charge in [0.15, 0.2) is 16.8 Å². The van der Waals surface area contributed by atoms with Crippen LogP contribution in [0.5, 0.6) is 0 Å². The van der Waals surface area contributed by atoms with Gasteiger partial charge in [0, 0.05) is 36.9 Å². The van der Waals surface area contributed by atoms with E-state index < -0.39 is 11.6 Å². The number of carbonyl (C=O) groups is 2. The zero-order chi connectivity index (χ0) is 21.8. The summed E-state index contributed by atoms with van der Waals surface area (Å²) in [4.78, 5) is 31.7. The lowest BCUT2D eigenvalue weighted by atomic mass is 9.78. The zero-order valence-electron chi connectivity index (χ0n) is 17.2. The Morgan fingerprint density at radius 1 is 1.13 bits per heavy atom. The quantitative estimate of drug-likeness (QED) is 0.717. The fourth-order valence-electron chi connectivity index (χ4n) is 4.41. The van der Waals surface area contributed by atoms with Gasteiger partial charge in [0.1, 0.15) is 0 Å². The maximum absolute atomic E-state index is 13.5. The minimum absolute atomic E-state index is 0.0906. The number of ether oxygens (including phenoxy) is 1. The average Bonchev–Trinajstić information content (AvgIpc) is 3.40. The predicted octanol–water partition coefficient (Wildman–Crippen LogP) is 4.23. The Morgan fingerprint density at radius 2 is 1.87 bits per heavy atom. The summed E-state index contributed by atoms with van der Waals surface area (Å²) in [5.41, 5.74) is 0.593. The fraction of sp³-hybridized carbons (Fsp3) is 0.500. The van der Waals surface area contributed by atoms with Crippen LogP contribution in [0.2, 0.25) is 0 Å². The molecule has 0 radical (unpaired) electrons. The summed E-state index contributed by atoms with van der Waals surface area (Å²) in [6.07, 6.45) is 4.38. The van der Waals surface area contributed by atoms with Crippen LogP contribution in [0.1, 0.15) is 38.5 Å². The molecule has 0 spiro atoms. The summed E-state index contributed by atoms with van der Waals surface area (Å²) in [6.45, 7) is 2.33. The van der Waals surface area contributed by atoms with Crippen LogP contribution in [0.15, 0.2) is 23.6 Å². The summed E-state index contributed by atoms with van der Waals surface area (Å²) >= 11 is 1.23. The van der Waals surface area contributed by atoms with Gasteiger partial charge in [-0.05, 0) is 36.5 Å². The van der Waals surface area contributed by atoms with Crippen LogP contribution in [0.4, 0.5) is 13.9 Å². The lowest BCUT2D eigenvalue weighted by Crippen LogP contribution is -2.43. The highest BCUT2D eigenvalue weighted by Gasteiger charge is 2.39. The lowest BCUT2D eigenvalue weighted by molar-refractivity contribution is -0.138. The van der Waals surface area contributed by atoms with Crippen LogP contribution >= 0.6 is 11.3 Å². The van der Waals surface area contributed by atoms with Gasteiger partial charge in [0.2, 0.25) is 11.8 Å². The van der Waals surface area contributed by atoms with Gasteiger partial charge in [0.25, 0.3) is 0 Å². The molecule has 1 aliphatic carbocycles. The van der Waals surface area contributed by atoms with Gasteiger partial charge in [0.05, 0.1) is 18.9 Å². The number of hydrogen-bond acceptors (Lipinski definition) is 5. The number of rotatable bonds is 6. The molecule has 1 saturated carbocycles. The normalized spacial score (nSPS) is 18.2. The van der Waals surface area contributed by atoms with E-state index in [-0.39, 0.29) is 23.7 Å². The molecule has 1 aliphatic heterocycles. The number of benzene rings is 1. The molecule has 4 rings (SSSR count). The third kappa shape index (κ3) is 5.27. The molecular weight excluding hydrogens is 424 g/mol. The van der Waals surface area contributed by atoms with Crippen molar-refractivity contribution < 1.29 is 23.1 Å². The van der Waals surface area contributed by atoms with E-state index in [2.05, 4.69) is 10.3 Å². The van der Waals surface area contributed by atoms with Crippen molar-refractivity contribution >= 4 is 28.3 Å². The molecular formula is C22H25F2N3O3S. The minimum Gasteiger partial charge on any atom is -0.378 e. The molecule has 0 bridgehead atoms. The number of carbonyl (C=O) groups excluding carboxylic acids is 2. The molecule has 2 heterocycles. The maximum Gasteiger partial charge on any atom is 0.226 e. The van der Waals surface area contributed by atoms with Gasteiger partial charge in [-0.15, -0.1) is 11.3 Å². The Bertz CT molecular complexity index is 953. The number of aromatic nitrogens is 1. The van der Waals surface area contributed by atoms with Gasteiger partial charge in [-0.2, -0.15) is 0 Å². The minimum atomic E-state index is -0.941. The summed E-state index contributed by atoms with van der Waals surface area (Å²) in [5, 5.41) is 4.91. The van der Waals surface area contributed by atoms with Crippen molar-refractivity contribution in [1.82, 2.24) is 9.88 Å². The van der Waals surface area contributed by atoms with Crippen molar-refractivity contribution in [3.8, 4) is 11.3 Å². The number of morpholine rings is 1. The molecule has 1 aromatic carbocycles. The first-order valence-electron chi connectivity index (χ1n) is 10.5. The number of anilines is 1. The number of amides is 2. The first-order valence-corrected chi connectivity index (χ1v) is 11.4. The van der Waals surface area contributed by atoms with Crippen LogP contribution in [0.3, 0.4) is 0 Å². The summed E-state index contributed by atoms with van der Waals surface area (Å²) in [5.74, 6) is -1.94. The van der Waals surface area contributed by atoms with E-state index in [9.17, 15) is 18.4 Å². The van der Waals surface area contributed by atoms with Crippen molar-refractivity contribution in [2.45, 2.75) is 38.5 Å². The van der Waals surface area contributed by atoms with Crippen molar-refractivity contribution in [2.24, 2.45) is 5.41 Å². The van der Waals surface area contributed by atoms with Crippen LogP contribution in [0.25, 0.3) is 11.3 Å². The molecule has 1 saturated heterocycles. The molecule has 1 aromatic heterocycles. The summed E-state index contributed by atoms with van der Waals surface area (Å²) < 4.78 is 31.9. The predicted molar refractivity (Wildman–Crippen MR) is 114 cm³/mol. The van der Waals surface area contributed by atoms with Gasteiger partial charge >= 0.3 is 0 Å². The van der Waals surface area contributed by atoms with Crippen LogP contribution in [-0.2, 0) is 14.3 Å². The molecule has 9 heteroatoms. The highest BCUT2D eigenvalue weighted by Crippen LogP contribution is 2.44. The third-order valence-electron chi connectivity index (χ3n) is 6.06. The van der Waals surface area contributed by atoms with E-state index in [1.807, 2.05) is 4.90 Å². The van der Waals surface area contributed by atoms with E-state index in [0.717, 1.165) is 37.8 Å². The molecule has 31 heavy (non-hydrogen) atoms. The number of thiazole rings is 1. The largest absolute Gasteiger partial charge is 0.378 e. The Morgan fingerprint density at radius 3 is 2.58 bits per heavy atom. The number of hydrogen-bond donors (Lipinski definition) is 1. The van der Waals surface area contributed by atoms with Gasteiger partial charge in [-0.25, -0.2) is 13.8 Å². The Balaban J connectivity index is 1.39. The Hall–Kier alpha value is -2.39. The van der Waals surface area contributed by atoms with Gasteiger partial charge in [-0.3, -0.25) is 9.59 Å². The standard InChI is InChI=1S/C22H25F2N3O3S/c23-16-4-3-15(11-17(16)24)18-14-31-21(25-18)26-19(28)12-22(5-1-2-6-22)13-20(29)27-7-9-30-10-8-27/h3-4,11,14H,1-2,5-10,12-13H2,(H,25,26,28). The molecule has 2 fully saturated rings. The van der Waals surface area contributed by atoms with Crippen molar-refractivity contribution in [2.75, 3.05) is 31.6 Å². The molecule has 6 nitrogen and oxygen atoms in total. The van der Waals surface area contributed by atoms with Crippen LogP contribution in [0, 0.1) is 17.0 Å². The van der Waals surface area contributed by atoms with Crippen LogP contribution < -0.4 is 5.32 Å². The van der Waals surface area contributed by atoms with Crippen molar-refractivity contribution in [3.63, 3.8) is 0 Å². The maximum atomic E-state index is 13.5. The fourth-order valence-corrected chi connectivity index (χ4v) is 5.15. The van der Waals surface area contributed by atoms with Crippen molar-refractivity contribution in [3.05, 3.63) is 35.2 Å². The van der Waals surface area contributed by atoms with Gasteiger partial charge in [-0.1, -0.05) is 12.8 Å². The monoisotopic (exact) mass is 449 g/mol. The molecule has 166 valence electrons. The SMILES string of the molecule is O=C(CC1(CC(=O)N2CCOCC2)CCCC1)Nc1nc(-c2ccc(F)c(F)c2)cs1. The van der Waals surface area contributed by atoms with E-state index in [1.165, 1.54) is 17.4 Å². The van der Waals surface area contributed by atoms with Gasteiger partial charge < -0.3 is 15.0 Å². The third-order valence-corrected chi connectivity index (χ3v) is 6.81. The van der Waals surface area contributed by atoms with E-state index >= 15 is 0 Å². The molecule has 2 aromatic rings. The summed E-state index contributed by atoms with van der Waals surface area (Å²) in [7, 11) is 0. The van der Waals surface area contributed by atoms with E-state index in [0.29, 0.717) is 49.1 Å². The number of nitrogens with zero attached hydrogens (tertiary/aromatic N) is 2. The molecule has 1 N–H and O–H groups in total. The second-order valence-electron chi connectivity index (χ2n) is 8.27. The average molecular weight is 450 g/mol. The first-order chi connectivity index (χ1) is 14.9. The molecule has 2 aliphatic rings. The molecule has 2 amide bonds. The van der Waals surface area contributed by atoms with Crippen molar-refractivity contribution in [1.29, 1.82) is 0 Å². The number of nitrogens with one attached hydrogen (secondary N) is 1. The molecule has 0 atom stereocenters. The topological polar surface area (TPSA) is 71.5 Å². The van der Waals surface area contributed by atoms with Crippen LogP contribution in [-0.4, -0.2) is 48.0 Å². The number of halogens is 2. The van der Waals surface area contributed by atoms with E-state index in [4.69, 9.17) is 4.74 Å². The highest BCUT2D eigenvalue weighted by atomic mass is 32.1. The highest BCUT2D eigenvalue weighted by molar-refractivity contribution is 7.14. The smallest absolute Gasteiger partial charge is 0.226 e. The molecule has 0 unspecified atom stereocenters. The lowest BCUT2D eigenvalue weighted by Gasteiger charge is -2.33. The first kappa shape index (κ1) is 21.8. The Labute approximate surface area is 183 Å². The zero-order valence-corrected chi connectivity index (χ0v) is 18.0. The summed E-state index contributed by atoms with van der Waals surface area (Å²) in [6, 6.07) is 3.59. The van der Waals surface area contributed by atoms with E-state index in [1.54, 1.807) is 5.38 Å². The second kappa shape index (κ2) is 9.40. The Kier molecular flexibility index (Phi) is 6.62.